The molecule has 5 rings (SSSR count). The number of hydrogen-bond donors (Lipinski definition) is 3. The molecular formula is C26H28N4O3. The molecule has 0 saturated carbocycles. The molecular weight excluding hydrogens is 416 g/mol. The standard InChI is InChI=1S/C26H28N4O3/c1-16(18-11-10-17-6-2-3-7-19(17)12-18)28-24(31)15-30-25(32)23(29-26(30)33)13-20-14-27-22-9-5-4-8-21(20)22/h4-5,8-12,14,16,23,27H,2-3,6-7,13,15H2,1H3,(H,28,31)(H,29,33)/t16-,23+/m1/s1. The second-order valence-electron chi connectivity index (χ2n) is 9.01. The number of amides is 4. The number of nitrogens with one attached hydrogen (secondary N) is 3. The second-order valence-corrected chi connectivity index (χ2v) is 9.01. The summed E-state index contributed by atoms with van der Waals surface area (Å²) >= 11 is 0. The van der Waals surface area contributed by atoms with Crippen LogP contribution in [0.4, 0.5) is 4.79 Å². The minimum Gasteiger partial charge on any atom is -0.361 e. The van der Waals surface area contributed by atoms with Crippen molar-refractivity contribution in [2.75, 3.05) is 6.54 Å². The number of aromatic amines is 1. The first-order chi connectivity index (χ1) is 16.0. The molecule has 2 atom stereocenters. The number of imide groups is 1. The molecule has 1 aliphatic heterocycles. The molecule has 1 aliphatic carbocycles. The van der Waals surface area contributed by atoms with Crippen molar-refractivity contribution in [3.8, 4) is 0 Å². The third kappa shape index (κ3) is 4.23. The van der Waals surface area contributed by atoms with Crippen LogP contribution in [0.3, 0.4) is 0 Å². The average molecular weight is 445 g/mol. The number of hydrogen-bond acceptors (Lipinski definition) is 3. The Balaban J connectivity index is 1.21. The van der Waals surface area contributed by atoms with E-state index >= 15 is 0 Å². The van der Waals surface area contributed by atoms with E-state index in [-0.39, 0.29) is 24.4 Å². The molecule has 7 heteroatoms. The highest BCUT2D eigenvalue weighted by Crippen LogP contribution is 2.25. The van der Waals surface area contributed by atoms with E-state index in [0.717, 1.165) is 39.8 Å². The molecule has 0 spiro atoms. The summed E-state index contributed by atoms with van der Waals surface area (Å²) in [6, 6.07) is 12.8. The number of urea groups is 1. The Morgan fingerprint density at radius 2 is 1.91 bits per heavy atom. The van der Waals surface area contributed by atoms with Gasteiger partial charge in [-0.05, 0) is 60.9 Å². The van der Waals surface area contributed by atoms with Gasteiger partial charge in [0, 0.05) is 23.5 Å². The Morgan fingerprint density at radius 3 is 2.76 bits per heavy atom. The van der Waals surface area contributed by atoms with Gasteiger partial charge in [-0.25, -0.2) is 4.79 Å². The summed E-state index contributed by atoms with van der Waals surface area (Å²) in [7, 11) is 0. The highest BCUT2D eigenvalue weighted by molar-refractivity contribution is 6.06. The maximum atomic E-state index is 12.9. The molecule has 0 radical (unpaired) electrons. The Bertz CT molecular complexity index is 1230. The number of carbonyl (C=O) groups excluding carboxylic acids is 3. The Kier molecular flexibility index (Phi) is 5.62. The minimum atomic E-state index is -0.678. The zero-order chi connectivity index (χ0) is 22.9. The van der Waals surface area contributed by atoms with Crippen LogP contribution in [-0.2, 0) is 28.9 Å². The zero-order valence-electron chi connectivity index (χ0n) is 18.7. The fourth-order valence-corrected chi connectivity index (χ4v) is 4.92. The van der Waals surface area contributed by atoms with Crippen molar-refractivity contribution in [1.82, 2.24) is 20.5 Å². The van der Waals surface area contributed by atoms with Crippen LogP contribution < -0.4 is 10.6 Å². The van der Waals surface area contributed by atoms with Gasteiger partial charge in [-0.3, -0.25) is 14.5 Å². The van der Waals surface area contributed by atoms with E-state index in [2.05, 4.69) is 33.8 Å². The Labute approximate surface area is 192 Å². The molecule has 1 aromatic heterocycles. The van der Waals surface area contributed by atoms with E-state index in [1.807, 2.05) is 37.4 Å². The van der Waals surface area contributed by atoms with Gasteiger partial charge in [0.2, 0.25) is 5.91 Å². The van der Waals surface area contributed by atoms with Crippen molar-refractivity contribution >= 4 is 28.7 Å². The van der Waals surface area contributed by atoms with Crippen LogP contribution in [0.5, 0.6) is 0 Å². The number of rotatable bonds is 6. The Hall–Kier alpha value is -3.61. The lowest BCUT2D eigenvalue weighted by Crippen LogP contribution is -2.42. The fourth-order valence-electron chi connectivity index (χ4n) is 4.92. The lowest BCUT2D eigenvalue weighted by atomic mass is 9.89. The molecule has 1 fully saturated rings. The summed E-state index contributed by atoms with van der Waals surface area (Å²) < 4.78 is 0. The number of aryl methyl sites for hydroxylation is 2. The molecule has 2 heterocycles. The van der Waals surface area contributed by atoms with Gasteiger partial charge >= 0.3 is 6.03 Å². The first kappa shape index (κ1) is 21.2. The largest absolute Gasteiger partial charge is 0.361 e. The van der Waals surface area contributed by atoms with Gasteiger partial charge in [0.25, 0.3) is 5.91 Å². The van der Waals surface area contributed by atoms with Crippen LogP contribution in [0.15, 0.2) is 48.7 Å². The number of para-hydroxylation sites is 1. The maximum absolute atomic E-state index is 12.9. The number of aromatic nitrogens is 1. The molecule has 3 N–H and O–H groups in total. The highest BCUT2D eigenvalue weighted by atomic mass is 16.2. The summed E-state index contributed by atoms with van der Waals surface area (Å²) in [5.41, 5.74) is 5.73. The maximum Gasteiger partial charge on any atom is 0.325 e. The first-order valence-corrected chi connectivity index (χ1v) is 11.6. The molecule has 3 aromatic rings. The van der Waals surface area contributed by atoms with E-state index in [1.165, 1.54) is 24.0 Å². The van der Waals surface area contributed by atoms with Crippen molar-refractivity contribution < 1.29 is 14.4 Å². The van der Waals surface area contributed by atoms with Crippen LogP contribution in [0, 0.1) is 0 Å². The van der Waals surface area contributed by atoms with E-state index in [4.69, 9.17) is 0 Å². The van der Waals surface area contributed by atoms with Crippen LogP contribution in [0.25, 0.3) is 10.9 Å². The average Bonchev–Trinajstić information content (AvgIpc) is 3.35. The van der Waals surface area contributed by atoms with Crippen LogP contribution in [0.1, 0.15) is 48.1 Å². The van der Waals surface area contributed by atoms with Gasteiger partial charge < -0.3 is 15.6 Å². The van der Waals surface area contributed by atoms with Gasteiger partial charge in [0.15, 0.2) is 0 Å². The normalized spacial score (nSPS) is 18.8. The van der Waals surface area contributed by atoms with E-state index in [1.54, 1.807) is 0 Å². The monoisotopic (exact) mass is 444 g/mol. The number of carbonyl (C=O) groups is 3. The molecule has 1 saturated heterocycles. The van der Waals surface area contributed by atoms with Crippen molar-refractivity contribution in [2.24, 2.45) is 0 Å². The summed E-state index contributed by atoms with van der Waals surface area (Å²) in [6.45, 7) is 1.64. The molecule has 33 heavy (non-hydrogen) atoms. The highest BCUT2D eigenvalue weighted by Gasteiger charge is 2.39. The molecule has 2 aromatic carbocycles. The molecule has 0 unspecified atom stereocenters. The van der Waals surface area contributed by atoms with Crippen molar-refractivity contribution in [3.63, 3.8) is 0 Å². The second kappa shape index (κ2) is 8.73. The third-order valence-corrected chi connectivity index (χ3v) is 6.76. The van der Waals surface area contributed by atoms with Crippen molar-refractivity contribution in [3.05, 3.63) is 70.9 Å². The molecule has 7 nitrogen and oxygen atoms in total. The summed E-state index contributed by atoms with van der Waals surface area (Å²) in [5.74, 6) is -0.724. The van der Waals surface area contributed by atoms with Crippen LogP contribution >= 0.6 is 0 Å². The van der Waals surface area contributed by atoms with Gasteiger partial charge in [0.05, 0.1) is 6.04 Å². The van der Waals surface area contributed by atoms with Gasteiger partial charge in [-0.2, -0.15) is 0 Å². The van der Waals surface area contributed by atoms with Crippen molar-refractivity contribution in [1.29, 1.82) is 0 Å². The lowest BCUT2D eigenvalue weighted by Gasteiger charge is -2.21. The minimum absolute atomic E-state index is 0.201. The number of H-pyrrole nitrogens is 1. The van der Waals surface area contributed by atoms with Gasteiger partial charge in [-0.1, -0.05) is 36.4 Å². The van der Waals surface area contributed by atoms with Gasteiger partial charge in [-0.15, -0.1) is 0 Å². The quantitative estimate of drug-likeness (QED) is 0.509. The SMILES string of the molecule is C[C@@H](NC(=O)CN1C(=O)N[C@@H](Cc2c[nH]c3ccccc23)C1=O)c1ccc2c(c1)CCCC2. The predicted molar refractivity (Wildman–Crippen MR) is 126 cm³/mol. The van der Waals surface area contributed by atoms with E-state index in [9.17, 15) is 14.4 Å². The summed E-state index contributed by atoms with van der Waals surface area (Å²) in [6.07, 6.45) is 6.85. The van der Waals surface area contributed by atoms with E-state index in [0.29, 0.717) is 6.42 Å². The van der Waals surface area contributed by atoms with E-state index < -0.39 is 12.1 Å². The zero-order valence-corrected chi connectivity index (χ0v) is 18.7. The third-order valence-electron chi connectivity index (χ3n) is 6.76. The number of fused-ring (bicyclic) bond motifs is 2. The Morgan fingerprint density at radius 1 is 1.12 bits per heavy atom. The van der Waals surface area contributed by atoms with Crippen LogP contribution in [0.2, 0.25) is 0 Å². The predicted octanol–water partition coefficient (Wildman–Crippen LogP) is 3.39. The summed E-state index contributed by atoms with van der Waals surface area (Å²) in [4.78, 5) is 42.2. The number of nitrogens with zero attached hydrogens (tertiary/aromatic N) is 1. The molecule has 4 amide bonds. The molecule has 0 bridgehead atoms. The smallest absolute Gasteiger partial charge is 0.325 e. The number of benzene rings is 2. The van der Waals surface area contributed by atoms with Crippen molar-refractivity contribution in [2.45, 2.75) is 51.1 Å². The topological polar surface area (TPSA) is 94.3 Å². The summed E-state index contributed by atoms with van der Waals surface area (Å²) in [5, 5.41) is 6.69. The molecule has 2 aliphatic rings. The molecule has 170 valence electrons. The lowest BCUT2D eigenvalue weighted by molar-refractivity contribution is -0.132. The van der Waals surface area contributed by atoms with Gasteiger partial charge in [0.1, 0.15) is 12.6 Å². The first-order valence-electron chi connectivity index (χ1n) is 11.6. The van der Waals surface area contributed by atoms with Crippen LogP contribution in [-0.4, -0.2) is 40.3 Å². The fraction of sp³-hybridized carbons (Fsp3) is 0.346.